The van der Waals surface area contributed by atoms with Gasteiger partial charge in [0.2, 0.25) is 0 Å². The quantitative estimate of drug-likeness (QED) is 0.759. The molecule has 0 bridgehead atoms. The second kappa shape index (κ2) is 4.15. The highest BCUT2D eigenvalue weighted by Crippen LogP contribution is 2.30. The summed E-state index contributed by atoms with van der Waals surface area (Å²) in [5.41, 5.74) is 0.676. The van der Waals surface area contributed by atoms with Crippen molar-refractivity contribution in [2.75, 3.05) is 14.1 Å². The number of H-pyrrole nitrogens is 1. The van der Waals surface area contributed by atoms with Crippen LogP contribution in [0.5, 0.6) is 0 Å². The summed E-state index contributed by atoms with van der Waals surface area (Å²) in [6, 6.07) is 0.163. The highest BCUT2D eigenvalue weighted by atomic mass is 32.2. The fourth-order valence-electron chi connectivity index (χ4n) is 1.62. The van der Waals surface area contributed by atoms with Crippen molar-refractivity contribution in [3.05, 3.63) is 11.8 Å². The Hall–Kier alpha value is -0.920. The smallest absolute Gasteiger partial charge is 0.260 e. The summed E-state index contributed by atoms with van der Waals surface area (Å²) in [5, 5.41) is 9.50. The van der Waals surface area contributed by atoms with Gasteiger partial charge in [-0.25, -0.2) is 8.42 Å². The maximum absolute atomic E-state index is 12.2. The number of hydrogen-bond donors (Lipinski definition) is 2. The predicted octanol–water partition coefficient (Wildman–Crippen LogP) is -0.0880. The van der Waals surface area contributed by atoms with E-state index in [2.05, 4.69) is 15.5 Å². The summed E-state index contributed by atoms with van der Waals surface area (Å²) < 4.78 is 25.8. The number of sulfonamides is 1. The van der Waals surface area contributed by atoms with E-state index in [0.717, 1.165) is 12.8 Å². The molecule has 7 heteroatoms. The molecule has 1 heterocycles. The van der Waals surface area contributed by atoms with E-state index in [0.29, 0.717) is 12.1 Å². The van der Waals surface area contributed by atoms with Crippen molar-refractivity contribution < 1.29 is 8.42 Å². The molecule has 2 rings (SSSR count). The summed E-state index contributed by atoms with van der Waals surface area (Å²) in [4.78, 5) is 0. The van der Waals surface area contributed by atoms with Gasteiger partial charge in [0.1, 0.15) is 0 Å². The van der Waals surface area contributed by atoms with Crippen molar-refractivity contribution >= 4 is 10.0 Å². The molecule has 0 unspecified atom stereocenters. The van der Waals surface area contributed by atoms with Gasteiger partial charge < -0.3 is 5.32 Å². The van der Waals surface area contributed by atoms with Crippen LogP contribution in [0.25, 0.3) is 0 Å². The van der Waals surface area contributed by atoms with Crippen molar-refractivity contribution in [1.82, 2.24) is 19.8 Å². The molecule has 90 valence electrons. The molecule has 1 aliphatic rings. The maximum atomic E-state index is 12.2. The Morgan fingerprint density at radius 1 is 1.62 bits per heavy atom. The fourth-order valence-corrected chi connectivity index (χ4v) is 3.13. The first-order chi connectivity index (χ1) is 7.57. The summed E-state index contributed by atoms with van der Waals surface area (Å²) >= 11 is 0. The summed E-state index contributed by atoms with van der Waals surface area (Å²) in [6.45, 7) is 0.490. The Bertz CT molecular complexity index is 464. The van der Waals surface area contributed by atoms with E-state index in [1.807, 2.05) is 0 Å². The van der Waals surface area contributed by atoms with Crippen LogP contribution in [0.15, 0.2) is 11.2 Å². The largest absolute Gasteiger partial charge is 0.316 e. The minimum Gasteiger partial charge on any atom is -0.316 e. The average Bonchev–Trinajstić information content (AvgIpc) is 2.98. The number of hydrogen-bond acceptors (Lipinski definition) is 4. The molecule has 2 N–H and O–H groups in total. The van der Waals surface area contributed by atoms with Gasteiger partial charge >= 0.3 is 0 Å². The van der Waals surface area contributed by atoms with Gasteiger partial charge in [0.25, 0.3) is 10.0 Å². The number of nitrogens with one attached hydrogen (secondary N) is 2. The second-order valence-corrected chi connectivity index (χ2v) is 5.94. The van der Waals surface area contributed by atoms with Crippen LogP contribution in [0.4, 0.5) is 0 Å². The van der Waals surface area contributed by atoms with Crippen LogP contribution in [-0.4, -0.2) is 43.1 Å². The molecular weight excluding hydrogens is 228 g/mol. The van der Waals surface area contributed by atoms with Gasteiger partial charge in [0.15, 0.2) is 5.03 Å². The van der Waals surface area contributed by atoms with Crippen LogP contribution >= 0.6 is 0 Å². The number of rotatable bonds is 5. The van der Waals surface area contributed by atoms with Gasteiger partial charge in [0.05, 0.1) is 6.20 Å². The third-order valence-electron chi connectivity index (χ3n) is 2.74. The van der Waals surface area contributed by atoms with E-state index in [4.69, 9.17) is 0 Å². The standard InChI is InChI=1S/C9H16N4O2S/c1-10-5-7-6-11-12-9(7)16(14,15)13(2)8-3-4-8/h6,8,10H,3-5H2,1-2H3,(H,11,12). The Kier molecular flexibility index (Phi) is 3.00. The summed E-state index contributed by atoms with van der Waals surface area (Å²) in [5.74, 6) is 0. The van der Waals surface area contributed by atoms with Crippen molar-refractivity contribution in [2.24, 2.45) is 0 Å². The Morgan fingerprint density at radius 2 is 2.31 bits per heavy atom. The lowest BCUT2D eigenvalue weighted by atomic mass is 10.4. The molecule has 0 amide bonds. The van der Waals surface area contributed by atoms with E-state index in [1.54, 1.807) is 20.3 Å². The zero-order chi connectivity index (χ0) is 11.8. The van der Waals surface area contributed by atoms with Gasteiger partial charge in [-0.2, -0.15) is 9.40 Å². The molecule has 1 aliphatic carbocycles. The van der Waals surface area contributed by atoms with Crippen LogP contribution in [0.1, 0.15) is 18.4 Å². The molecule has 0 aromatic carbocycles. The molecule has 0 saturated heterocycles. The lowest BCUT2D eigenvalue weighted by Crippen LogP contribution is -2.30. The lowest BCUT2D eigenvalue weighted by Gasteiger charge is -2.15. The van der Waals surface area contributed by atoms with Gasteiger partial charge in [0, 0.05) is 25.2 Å². The van der Waals surface area contributed by atoms with Gasteiger partial charge in [-0.15, -0.1) is 0 Å². The molecule has 16 heavy (non-hydrogen) atoms. The van der Waals surface area contributed by atoms with Gasteiger partial charge in [-0.3, -0.25) is 5.10 Å². The molecule has 0 radical (unpaired) electrons. The minimum atomic E-state index is -3.41. The lowest BCUT2D eigenvalue weighted by molar-refractivity contribution is 0.460. The van der Waals surface area contributed by atoms with E-state index < -0.39 is 10.0 Å². The second-order valence-electron chi connectivity index (χ2n) is 4.01. The van der Waals surface area contributed by atoms with E-state index in [-0.39, 0.29) is 11.1 Å². The molecular formula is C9H16N4O2S. The topological polar surface area (TPSA) is 78.1 Å². The molecule has 1 saturated carbocycles. The Balaban J connectivity index is 2.30. The van der Waals surface area contributed by atoms with E-state index in [1.165, 1.54) is 4.31 Å². The molecule has 6 nitrogen and oxygen atoms in total. The van der Waals surface area contributed by atoms with Crippen molar-refractivity contribution in [1.29, 1.82) is 0 Å². The zero-order valence-corrected chi connectivity index (χ0v) is 10.2. The van der Waals surface area contributed by atoms with Crippen molar-refractivity contribution in [2.45, 2.75) is 30.5 Å². The van der Waals surface area contributed by atoms with Crippen molar-refractivity contribution in [3.8, 4) is 0 Å². The molecule has 0 spiro atoms. The summed E-state index contributed by atoms with van der Waals surface area (Å²) in [7, 11) is -0.0161. The molecule has 0 aliphatic heterocycles. The third-order valence-corrected chi connectivity index (χ3v) is 4.67. The monoisotopic (exact) mass is 244 g/mol. The number of nitrogens with zero attached hydrogens (tertiary/aromatic N) is 2. The fraction of sp³-hybridized carbons (Fsp3) is 0.667. The van der Waals surface area contributed by atoms with Crippen LogP contribution in [-0.2, 0) is 16.6 Å². The van der Waals surface area contributed by atoms with Crippen LogP contribution < -0.4 is 5.32 Å². The molecule has 1 aromatic rings. The third kappa shape index (κ3) is 1.98. The van der Waals surface area contributed by atoms with Crippen LogP contribution in [0, 0.1) is 0 Å². The predicted molar refractivity (Wildman–Crippen MR) is 59.3 cm³/mol. The first-order valence-electron chi connectivity index (χ1n) is 5.22. The SMILES string of the molecule is CNCc1cn[nH]c1S(=O)(=O)N(C)C1CC1. The van der Waals surface area contributed by atoms with Gasteiger partial charge in [-0.1, -0.05) is 0 Å². The van der Waals surface area contributed by atoms with Crippen molar-refractivity contribution in [3.63, 3.8) is 0 Å². The number of aromatic nitrogens is 2. The minimum absolute atomic E-state index is 0.163. The normalized spacial score (nSPS) is 16.9. The highest BCUT2D eigenvalue weighted by molar-refractivity contribution is 7.89. The Morgan fingerprint density at radius 3 is 2.88 bits per heavy atom. The van der Waals surface area contributed by atoms with Gasteiger partial charge in [-0.05, 0) is 19.9 Å². The highest BCUT2D eigenvalue weighted by Gasteiger charge is 2.36. The van der Waals surface area contributed by atoms with Crippen LogP contribution in [0.2, 0.25) is 0 Å². The first kappa shape index (κ1) is 11.6. The number of aromatic amines is 1. The van der Waals surface area contributed by atoms with E-state index in [9.17, 15) is 8.42 Å². The Labute approximate surface area is 95.1 Å². The molecule has 1 fully saturated rings. The molecule has 1 aromatic heterocycles. The first-order valence-corrected chi connectivity index (χ1v) is 6.66. The average molecular weight is 244 g/mol. The van der Waals surface area contributed by atoms with Crippen LogP contribution in [0.3, 0.4) is 0 Å². The maximum Gasteiger partial charge on any atom is 0.260 e. The zero-order valence-electron chi connectivity index (χ0n) is 9.40. The summed E-state index contributed by atoms with van der Waals surface area (Å²) in [6.07, 6.45) is 3.45. The van der Waals surface area contributed by atoms with E-state index >= 15 is 0 Å². The molecule has 0 atom stereocenters.